The standard InChI is InChI=1S/C24H20Cl2N2O5S/c1-3-6-15-11-14(9-10-19(15)33-13-20(29)32-4-2)12-16-22(30)27-24(34)28(23(16)31)18-8-5-7-17(25)21(18)26/h3,5,7-12H,1,4,6,13H2,2H3,(H,27,30,34)/b16-12+. The smallest absolute Gasteiger partial charge is 0.344 e. The summed E-state index contributed by atoms with van der Waals surface area (Å²) in [6.45, 7) is 5.45. The van der Waals surface area contributed by atoms with Crippen LogP contribution < -0.4 is 15.0 Å². The molecular weight excluding hydrogens is 499 g/mol. The van der Waals surface area contributed by atoms with Gasteiger partial charge in [-0.1, -0.05) is 41.4 Å². The molecule has 1 saturated heterocycles. The number of anilines is 1. The summed E-state index contributed by atoms with van der Waals surface area (Å²) in [5.41, 5.74) is 1.38. The van der Waals surface area contributed by atoms with Crippen LogP contribution in [0.2, 0.25) is 10.0 Å². The van der Waals surface area contributed by atoms with Crippen molar-refractivity contribution in [2.45, 2.75) is 13.3 Å². The van der Waals surface area contributed by atoms with Crippen LogP contribution in [0.1, 0.15) is 18.1 Å². The van der Waals surface area contributed by atoms with E-state index in [2.05, 4.69) is 11.9 Å². The molecule has 0 unspecified atom stereocenters. The van der Waals surface area contributed by atoms with E-state index in [4.69, 9.17) is 44.9 Å². The Kier molecular flexibility index (Phi) is 8.44. The number of carbonyl (C=O) groups is 3. The van der Waals surface area contributed by atoms with Gasteiger partial charge in [0, 0.05) is 0 Å². The Morgan fingerprint density at radius 1 is 1.24 bits per heavy atom. The average Bonchev–Trinajstić information content (AvgIpc) is 2.79. The number of hydrogen-bond acceptors (Lipinski definition) is 6. The Balaban J connectivity index is 1.94. The zero-order chi connectivity index (χ0) is 24.8. The third kappa shape index (κ3) is 5.64. The second-order valence-electron chi connectivity index (χ2n) is 6.98. The van der Waals surface area contributed by atoms with Crippen LogP contribution in [-0.4, -0.2) is 36.1 Å². The average molecular weight is 519 g/mol. The van der Waals surface area contributed by atoms with Crippen molar-refractivity contribution >= 4 is 70.1 Å². The fourth-order valence-electron chi connectivity index (χ4n) is 3.19. The van der Waals surface area contributed by atoms with Gasteiger partial charge in [-0.25, -0.2) is 4.79 Å². The van der Waals surface area contributed by atoms with E-state index in [-0.39, 0.29) is 39.6 Å². The minimum absolute atomic E-state index is 0.105. The predicted molar refractivity (Wildman–Crippen MR) is 135 cm³/mol. The van der Waals surface area contributed by atoms with E-state index in [1.807, 2.05) is 0 Å². The summed E-state index contributed by atoms with van der Waals surface area (Å²) in [4.78, 5) is 38.6. The molecule has 2 amide bonds. The summed E-state index contributed by atoms with van der Waals surface area (Å²) in [5, 5.41) is 2.77. The van der Waals surface area contributed by atoms with Crippen molar-refractivity contribution in [2.24, 2.45) is 0 Å². The zero-order valence-electron chi connectivity index (χ0n) is 18.1. The molecule has 3 rings (SSSR count). The molecule has 2 aromatic carbocycles. The first-order chi connectivity index (χ1) is 16.3. The highest BCUT2D eigenvalue weighted by Gasteiger charge is 2.35. The second-order valence-corrected chi connectivity index (χ2v) is 8.16. The molecule has 0 radical (unpaired) electrons. The van der Waals surface area contributed by atoms with Gasteiger partial charge in [0.25, 0.3) is 11.8 Å². The largest absolute Gasteiger partial charge is 0.482 e. The number of halogens is 2. The molecule has 0 spiro atoms. The van der Waals surface area contributed by atoms with E-state index in [0.29, 0.717) is 23.3 Å². The fraction of sp³-hybridized carbons (Fsp3) is 0.167. The van der Waals surface area contributed by atoms with Crippen LogP contribution in [0.15, 0.2) is 54.6 Å². The highest BCUT2D eigenvalue weighted by atomic mass is 35.5. The Morgan fingerprint density at radius 2 is 2.00 bits per heavy atom. The number of allylic oxidation sites excluding steroid dienone is 1. The molecule has 34 heavy (non-hydrogen) atoms. The van der Waals surface area contributed by atoms with Crippen molar-refractivity contribution < 1.29 is 23.9 Å². The number of carbonyl (C=O) groups excluding carboxylic acids is 3. The molecule has 2 aromatic rings. The molecule has 10 heteroatoms. The molecule has 0 aliphatic carbocycles. The Hall–Kier alpha value is -3.20. The lowest BCUT2D eigenvalue weighted by Crippen LogP contribution is -2.54. The zero-order valence-corrected chi connectivity index (χ0v) is 20.4. The summed E-state index contributed by atoms with van der Waals surface area (Å²) in [6.07, 6.45) is 3.54. The van der Waals surface area contributed by atoms with E-state index in [9.17, 15) is 14.4 Å². The summed E-state index contributed by atoms with van der Waals surface area (Å²) in [7, 11) is 0. The minimum atomic E-state index is -0.647. The van der Waals surface area contributed by atoms with Gasteiger partial charge in [-0.2, -0.15) is 0 Å². The fourth-order valence-corrected chi connectivity index (χ4v) is 3.85. The molecule has 0 bridgehead atoms. The van der Waals surface area contributed by atoms with Gasteiger partial charge in [0.15, 0.2) is 11.7 Å². The van der Waals surface area contributed by atoms with Crippen LogP contribution in [0.4, 0.5) is 5.69 Å². The monoisotopic (exact) mass is 518 g/mol. The van der Waals surface area contributed by atoms with Gasteiger partial charge in [0.1, 0.15) is 11.3 Å². The van der Waals surface area contributed by atoms with Gasteiger partial charge in [0.05, 0.1) is 22.3 Å². The molecule has 1 aliphatic rings. The normalized spacial score (nSPS) is 14.7. The Labute approximate surface area is 211 Å². The highest BCUT2D eigenvalue weighted by molar-refractivity contribution is 7.80. The van der Waals surface area contributed by atoms with Crippen LogP contribution >= 0.6 is 35.4 Å². The number of thiocarbonyl (C=S) groups is 1. The summed E-state index contributed by atoms with van der Waals surface area (Å²) < 4.78 is 10.4. The lowest BCUT2D eigenvalue weighted by Gasteiger charge is -2.29. The van der Waals surface area contributed by atoms with E-state index < -0.39 is 17.8 Å². The molecule has 0 saturated carbocycles. The summed E-state index contributed by atoms with van der Waals surface area (Å²) in [5.74, 6) is -1.32. The molecule has 1 heterocycles. The van der Waals surface area contributed by atoms with Gasteiger partial charge < -0.3 is 9.47 Å². The Bertz CT molecular complexity index is 1210. The van der Waals surface area contributed by atoms with Gasteiger partial charge in [-0.15, -0.1) is 6.58 Å². The SMILES string of the molecule is C=CCc1cc(/C=C2\C(=O)NC(=S)N(c3cccc(Cl)c3Cl)C2=O)ccc1OCC(=O)OCC. The minimum Gasteiger partial charge on any atom is -0.482 e. The van der Waals surface area contributed by atoms with Gasteiger partial charge in [-0.05, 0) is 67.0 Å². The van der Waals surface area contributed by atoms with E-state index in [1.165, 1.54) is 6.08 Å². The quantitative estimate of drug-likeness (QED) is 0.182. The molecule has 0 aromatic heterocycles. The maximum atomic E-state index is 13.2. The second kappa shape index (κ2) is 11.3. The van der Waals surface area contributed by atoms with Crippen molar-refractivity contribution in [2.75, 3.05) is 18.1 Å². The predicted octanol–water partition coefficient (Wildman–Crippen LogP) is 4.50. The van der Waals surface area contributed by atoms with Crippen LogP contribution in [0, 0.1) is 0 Å². The summed E-state index contributed by atoms with van der Waals surface area (Å²) in [6, 6.07) is 9.81. The van der Waals surface area contributed by atoms with Crippen molar-refractivity contribution in [3.8, 4) is 5.75 Å². The number of rotatable bonds is 8. The van der Waals surface area contributed by atoms with Crippen LogP contribution in [0.3, 0.4) is 0 Å². The van der Waals surface area contributed by atoms with Crippen molar-refractivity contribution in [3.05, 3.63) is 75.8 Å². The summed E-state index contributed by atoms with van der Waals surface area (Å²) >= 11 is 17.6. The lowest BCUT2D eigenvalue weighted by molar-refractivity contribution is -0.145. The van der Waals surface area contributed by atoms with Crippen molar-refractivity contribution in [1.82, 2.24) is 5.32 Å². The molecule has 1 fully saturated rings. The number of nitrogens with one attached hydrogen (secondary N) is 1. The molecule has 176 valence electrons. The molecule has 1 N–H and O–H groups in total. The van der Waals surface area contributed by atoms with E-state index in [0.717, 1.165) is 4.90 Å². The van der Waals surface area contributed by atoms with Crippen LogP contribution in [-0.2, 0) is 25.5 Å². The number of ether oxygens (including phenoxy) is 2. The highest BCUT2D eigenvalue weighted by Crippen LogP contribution is 2.34. The first-order valence-corrected chi connectivity index (χ1v) is 11.3. The number of esters is 1. The first-order valence-electron chi connectivity index (χ1n) is 10.1. The number of hydrogen-bond donors (Lipinski definition) is 1. The molecule has 0 atom stereocenters. The van der Waals surface area contributed by atoms with Gasteiger partial charge >= 0.3 is 5.97 Å². The number of benzene rings is 2. The Morgan fingerprint density at radius 3 is 2.71 bits per heavy atom. The van der Waals surface area contributed by atoms with Gasteiger partial charge in [0.2, 0.25) is 0 Å². The number of amides is 2. The molecular formula is C24H20Cl2N2O5S. The first kappa shape index (κ1) is 25.4. The van der Waals surface area contributed by atoms with Crippen LogP contribution in [0.25, 0.3) is 6.08 Å². The van der Waals surface area contributed by atoms with Crippen molar-refractivity contribution in [1.29, 1.82) is 0 Å². The molecule has 1 aliphatic heterocycles. The third-order valence-electron chi connectivity index (χ3n) is 4.68. The van der Waals surface area contributed by atoms with E-state index in [1.54, 1.807) is 49.4 Å². The topological polar surface area (TPSA) is 84.9 Å². The van der Waals surface area contributed by atoms with Crippen LogP contribution in [0.5, 0.6) is 5.75 Å². The third-order valence-corrected chi connectivity index (χ3v) is 5.78. The number of nitrogens with zero attached hydrogens (tertiary/aromatic N) is 1. The maximum Gasteiger partial charge on any atom is 0.344 e. The van der Waals surface area contributed by atoms with Crippen molar-refractivity contribution in [3.63, 3.8) is 0 Å². The molecule has 7 nitrogen and oxygen atoms in total. The lowest BCUT2D eigenvalue weighted by atomic mass is 10.0. The van der Waals surface area contributed by atoms with E-state index >= 15 is 0 Å². The maximum absolute atomic E-state index is 13.2. The van der Waals surface area contributed by atoms with Gasteiger partial charge in [-0.3, -0.25) is 19.8 Å².